The number of halogens is 6. The Morgan fingerprint density at radius 3 is 0.556 bits per heavy atom. The van der Waals surface area contributed by atoms with Crippen molar-refractivity contribution < 1.29 is 104 Å². The first-order valence-corrected chi connectivity index (χ1v) is 30.5. The largest absolute Gasteiger partial charge is 1.00 e. The second-order valence-corrected chi connectivity index (χ2v) is 150. The summed E-state index contributed by atoms with van der Waals surface area (Å²) < 4.78 is -3.25. The number of hydrogen-bond acceptors (Lipinski definition) is 0. The van der Waals surface area contributed by atoms with E-state index < -0.39 is 1.22 Å². The van der Waals surface area contributed by atoms with Crippen molar-refractivity contribution in [3.8, 4) is 0 Å². The molecule has 0 aromatic heterocycles. The zero-order valence-corrected chi connectivity index (χ0v) is 22.6. The van der Waals surface area contributed by atoms with E-state index in [1.54, 1.807) is 0 Å². The Labute approximate surface area is 177 Å². The fourth-order valence-electron chi connectivity index (χ4n) is 0. The molecule has 0 nitrogen and oxygen atoms in total. The Balaban J connectivity index is -0.000000180. The van der Waals surface area contributed by atoms with Gasteiger partial charge in [0, 0.05) is 0 Å². The second-order valence-electron chi connectivity index (χ2n) is 0.678. The van der Waals surface area contributed by atoms with Gasteiger partial charge in [-0.1, -0.05) is 0 Å². The topological polar surface area (TPSA) is 0 Å². The minimum Gasteiger partial charge on any atom is 1.00 e. The van der Waals surface area contributed by atoms with Gasteiger partial charge in [-0.05, 0) is 0 Å². The van der Waals surface area contributed by atoms with Gasteiger partial charge in [-0.2, -0.15) is 0 Å². The van der Waals surface area contributed by atoms with Gasteiger partial charge < -0.3 is 0 Å². The summed E-state index contributed by atoms with van der Waals surface area (Å²) in [5.74, 6) is 0. The zero-order chi connectivity index (χ0) is 6.41. The van der Waals surface area contributed by atoms with E-state index in [0.717, 1.165) is 0 Å². The third-order valence-electron chi connectivity index (χ3n) is 0. The molecule has 0 aliphatic heterocycles. The Kier molecular flexibility index (Phi) is 14.0. The second kappa shape index (κ2) is 5.96. The van der Waals surface area contributed by atoms with Gasteiger partial charge >= 0.3 is 184 Å². The van der Waals surface area contributed by atoms with Crippen LogP contribution in [-0.4, -0.2) is 0 Å². The van der Waals surface area contributed by atoms with Crippen molar-refractivity contribution in [3.05, 3.63) is 0 Å². The Bertz CT molecular complexity index is 69.6. The molecule has 0 aromatic rings. The summed E-state index contributed by atoms with van der Waals surface area (Å²) in [5.41, 5.74) is 0. The molecule has 0 aliphatic rings. The third-order valence-corrected chi connectivity index (χ3v) is 0. The molecule has 0 bridgehead atoms. The summed E-state index contributed by atoms with van der Waals surface area (Å²) in [5, 5.41) is 0. The molecule has 0 saturated carbocycles. The molecule has 0 amide bonds. The Morgan fingerprint density at radius 1 is 0.556 bits per heavy atom. The first kappa shape index (κ1) is 21.2. The fourth-order valence-corrected chi connectivity index (χ4v) is 0. The summed E-state index contributed by atoms with van der Waals surface area (Å²) in [6, 6.07) is 0. The van der Waals surface area contributed by atoms with Crippen molar-refractivity contribution in [3.63, 3.8) is 0 Å². The summed E-state index contributed by atoms with van der Waals surface area (Å²) in [6.45, 7) is 0. The van der Waals surface area contributed by atoms with Gasteiger partial charge in [0.1, 0.15) is 0 Å². The standard InChI is InChI=1S/6BrH.2K.Pt/h6*1H;;;/q;;;;;;2*+1;+4/p-6. The number of hydrogen-bond donors (Lipinski definition) is 0. The molecular weight excluding hydrogens is 753 g/mol. The van der Waals surface area contributed by atoms with Crippen LogP contribution < -0.4 is 103 Å². The summed E-state index contributed by atoms with van der Waals surface area (Å²) >= 11 is 20.1. The van der Waals surface area contributed by atoms with E-state index in [0.29, 0.717) is 0 Å². The molecule has 0 aliphatic carbocycles. The quantitative estimate of drug-likeness (QED) is 0.282. The molecule has 0 N–H and O–H groups in total. The molecule has 0 heterocycles. The van der Waals surface area contributed by atoms with Crippen LogP contribution >= 0.6 is 79.8 Å². The van der Waals surface area contributed by atoms with E-state index >= 15 is 0 Å². The summed E-state index contributed by atoms with van der Waals surface area (Å²) in [7, 11) is 0. The van der Waals surface area contributed by atoms with E-state index in [9.17, 15) is 0 Å². The predicted octanol–water partition coefficient (Wildman–Crippen LogP) is -0.921. The molecule has 0 unspecified atom stereocenters. The van der Waals surface area contributed by atoms with E-state index in [4.69, 9.17) is 0 Å². The molecule has 0 spiro atoms. The average molecular weight is 753 g/mol. The van der Waals surface area contributed by atoms with Crippen molar-refractivity contribution in [2.24, 2.45) is 0 Å². The maximum Gasteiger partial charge on any atom is 1.00 e. The van der Waals surface area contributed by atoms with Crippen molar-refractivity contribution in [2.75, 3.05) is 0 Å². The van der Waals surface area contributed by atoms with Gasteiger partial charge in [0.05, 0.1) is 0 Å². The molecule has 0 aromatic carbocycles. The zero-order valence-electron chi connectivity index (χ0n) is 4.58. The fraction of sp³-hybridized carbons (Fsp3) is 0. The SMILES string of the molecule is [Br][Pt-2]([Br])([Br])([Br])([Br])[Br].[K+].[K+]. The molecule has 0 rings (SSSR count). The first-order chi connectivity index (χ1) is 2.45. The molecule has 0 radical (unpaired) electrons. The van der Waals surface area contributed by atoms with Crippen LogP contribution in [0.3, 0.4) is 0 Å². The van der Waals surface area contributed by atoms with Crippen LogP contribution in [0.4, 0.5) is 0 Å². The first-order valence-electron chi connectivity index (χ1n) is 0.717. The minimum atomic E-state index is -3.25. The van der Waals surface area contributed by atoms with Crippen molar-refractivity contribution in [2.45, 2.75) is 0 Å². The van der Waals surface area contributed by atoms with Crippen LogP contribution in [0, 0.1) is 0 Å². The van der Waals surface area contributed by atoms with Crippen molar-refractivity contribution in [1.82, 2.24) is 0 Å². The van der Waals surface area contributed by atoms with Crippen LogP contribution in [0.15, 0.2) is 0 Å². The van der Waals surface area contributed by atoms with Gasteiger partial charge in [0.25, 0.3) is 0 Å². The van der Waals surface area contributed by atoms with Crippen LogP contribution in [-0.2, 0) is 1.22 Å². The summed E-state index contributed by atoms with van der Waals surface area (Å²) in [6.07, 6.45) is 0. The van der Waals surface area contributed by atoms with E-state index in [1.165, 1.54) is 0 Å². The minimum absolute atomic E-state index is 0. The van der Waals surface area contributed by atoms with Gasteiger partial charge in [0.2, 0.25) is 0 Å². The van der Waals surface area contributed by atoms with E-state index in [1.807, 2.05) is 0 Å². The van der Waals surface area contributed by atoms with Crippen LogP contribution in [0.1, 0.15) is 0 Å². The molecule has 0 saturated heterocycles. The monoisotopic (exact) mass is 746 g/mol. The van der Waals surface area contributed by atoms with Crippen LogP contribution in [0.5, 0.6) is 0 Å². The van der Waals surface area contributed by atoms with Gasteiger partial charge in [-0.3, -0.25) is 0 Å². The van der Waals surface area contributed by atoms with Gasteiger partial charge in [-0.15, -0.1) is 0 Å². The smallest absolute Gasteiger partial charge is 1.00 e. The summed E-state index contributed by atoms with van der Waals surface area (Å²) in [4.78, 5) is 0. The third kappa shape index (κ3) is 52.3. The molecular formula is Br6K2Pt. The van der Waals surface area contributed by atoms with Gasteiger partial charge in [-0.25, -0.2) is 0 Å². The van der Waals surface area contributed by atoms with E-state index in [-0.39, 0.29) is 103 Å². The normalized spacial score (nSPS) is 18.0. The number of rotatable bonds is 0. The predicted molar refractivity (Wildman–Crippen MR) is 53.6 cm³/mol. The molecule has 54 valence electrons. The van der Waals surface area contributed by atoms with Crippen LogP contribution in [0.25, 0.3) is 0 Å². The molecule has 9 heteroatoms. The molecule has 0 fully saturated rings. The van der Waals surface area contributed by atoms with Crippen molar-refractivity contribution >= 4 is 79.8 Å². The Hall–Kier alpha value is 6.84. The maximum atomic E-state index is 3.35. The van der Waals surface area contributed by atoms with Gasteiger partial charge in [0.15, 0.2) is 0 Å². The van der Waals surface area contributed by atoms with E-state index in [2.05, 4.69) is 79.8 Å². The average Bonchev–Trinajstić information content (AvgIpc) is 0.592. The van der Waals surface area contributed by atoms with Crippen molar-refractivity contribution in [1.29, 1.82) is 0 Å². The Morgan fingerprint density at radius 2 is 0.556 bits per heavy atom. The molecule has 0 atom stereocenters. The molecule has 9 heavy (non-hydrogen) atoms. The maximum absolute atomic E-state index is 3.35. The van der Waals surface area contributed by atoms with Crippen LogP contribution in [0.2, 0.25) is 0 Å².